The van der Waals surface area contributed by atoms with Gasteiger partial charge in [-0.25, -0.2) is 19.7 Å². The highest BCUT2D eigenvalue weighted by Crippen LogP contribution is 2.31. The van der Waals surface area contributed by atoms with Crippen molar-refractivity contribution in [3.05, 3.63) is 60.3 Å². The minimum atomic E-state index is -0.392. The number of carbonyl (C=O) groups is 1. The first-order valence-electron chi connectivity index (χ1n) is 12.3. The minimum Gasteiger partial charge on any atom is -0.465 e. The van der Waals surface area contributed by atoms with E-state index in [1.165, 1.54) is 7.11 Å². The fraction of sp³-hybridized carbons (Fsp3) is 0.333. The summed E-state index contributed by atoms with van der Waals surface area (Å²) < 4.78 is 12.2. The molecule has 0 amide bonds. The zero-order chi connectivity index (χ0) is 26.1. The monoisotopic (exact) mass is 490 g/mol. The number of nitrogens with two attached hydrogens (primary N) is 1. The number of ether oxygens (including phenoxy) is 2. The summed E-state index contributed by atoms with van der Waals surface area (Å²) in [6.45, 7) is 10.9. The van der Waals surface area contributed by atoms with Crippen LogP contribution in [0.3, 0.4) is 0 Å². The van der Waals surface area contributed by atoms with Crippen LogP contribution in [0.2, 0.25) is 0 Å². The number of hydrogen-bond acceptors (Lipinski definition) is 8. The second-order valence-corrected chi connectivity index (χ2v) is 7.36. The summed E-state index contributed by atoms with van der Waals surface area (Å²) in [5, 5.41) is 0. The number of imidazole rings is 1. The third kappa shape index (κ3) is 5.46. The minimum absolute atomic E-state index is 0.378. The fourth-order valence-corrected chi connectivity index (χ4v) is 3.81. The molecule has 5 rings (SSSR count). The van der Waals surface area contributed by atoms with Crippen molar-refractivity contribution < 1.29 is 14.3 Å². The number of carbonyl (C=O) groups excluding carboxylic acids is 1. The van der Waals surface area contributed by atoms with E-state index >= 15 is 0 Å². The zero-order valence-corrected chi connectivity index (χ0v) is 21.6. The van der Waals surface area contributed by atoms with Crippen LogP contribution in [0.4, 0.5) is 11.6 Å². The lowest BCUT2D eigenvalue weighted by atomic mass is 10.2. The summed E-state index contributed by atoms with van der Waals surface area (Å²) in [6.07, 6.45) is 1.64. The van der Waals surface area contributed by atoms with Gasteiger partial charge in [-0.1, -0.05) is 27.7 Å². The van der Waals surface area contributed by atoms with Gasteiger partial charge < -0.3 is 20.1 Å². The maximum absolute atomic E-state index is 11.9. The lowest BCUT2D eigenvalue weighted by Gasteiger charge is -2.27. The molecule has 190 valence electrons. The number of morpholine rings is 1. The number of aromatic nitrogens is 4. The smallest absolute Gasteiger partial charge is 0.337 e. The van der Waals surface area contributed by atoms with Gasteiger partial charge >= 0.3 is 5.97 Å². The highest BCUT2D eigenvalue weighted by atomic mass is 16.5. The van der Waals surface area contributed by atoms with E-state index in [0.717, 1.165) is 30.1 Å². The molecule has 1 saturated heterocycles. The van der Waals surface area contributed by atoms with Crippen molar-refractivity contribution in [1.29, 1.82) is 0 Å². The third-order valence-corrected chi connectivity index (χ3v) is 5.45. The van der Waals surface area contributed by atoms with E-state index < -0.39 is 5.97 Å². The number of nitrogens with zero attached hydrogens (tertiary/aromatic N) is 5. The summed E-state index contributed by atoms with van der Waals surface area (Å²) in [6, 6.07) is 14.8. The van der Waals surface area contributed by atoms with Gasteiger partial charge in [-0.05, 0) is 48.5 Å². The van der Waals surface area contributed by atoms with Gasteiger partial charge in [-0.2, -0.15) is 0 Å². The summed E-state index contributed by atoms with van der Waals surface area (Å²) in [4.78, 5) is 28.1. The van der Waals surface area contributed by atoms with E-state index in [1.807, 2.05) is 68.7 Å². The predicted octanol–water partition coefficient (Wildman–Crippen LogP) is 4.74. The van der Waals surface area contributed by atoms with Gasteiger partial charge in [-0.15, -0.1) is 0 Å². The van der Waals surface area contributed by atoms with E-state index in [9.17, 15) is 4.79 Å². The number of benzene rings is 1. The summed E-state index contributed by atoms with van der Waals surface area (Å²) >= 11 is 0. The summed E-state index contributed by atoms with van der Waals surface area (Å²) in [5.41, 5.74) is 9.57. The van der Waals surface area contributed by atoms with Crippen LogP contribution in [0.5, 0.6) is 0 Å². The number of pyridine rings is 2. The van der Waals surface area contributed by atoms with Gasteiger partial charge in [0.2, 0.25) is 0 Å². The van der Waals surface area contributed by atoms with Gasteiger partial charge in [0.1, 0.15) is 17.2 Å². The zero-order valence-electron chi connectivity index (χ0n) is 21.6. The molecule has 0 aliphatic carbocycles. The molecule has 1 aliphatic rings. The lowest BCUT2D eigenvalue weighted by molar-refractivity contribution is 0.0600. The average Bonchev–Trinajstić information content (AvgIpc) is 3.34. The topological polar surface area (TPSA) is 108 Å². The van der Waals surface area contributed by atoms with Crippen LogP contribution < -0.4 is 10.6 Å². The molecule has 0 saturated carbocycles. The molecule has 0 spiro atoms. The predicted molar refractivity (Wildman–Crippen MR) is 144 cm³/mol. The highest BCUT2D eigenvalue weighted by molar-refractivity contribution is 5.90. The first-order valence-corrected chi connectivity index (χ1v) is 12.3. The number of anilines is 2. The Morgan fingerprint density at radius 3 is 2.31 bits per heavy atom. The maximum atomic E-state index is 11.9. The number of nitrogen functional groups attached to an aromatic ring is 1. The molecule has 9 heteroatoms. The maximum Gasteiger partial charge on any atom is 0.337 e. The van der Waals surface area contributed by atoms with Crippen LogP contribution in [0.1, 0.15) is 38.1 Å². The number of methoxy groups -OCH3 is 1. The molecule has 0 unspecified atom stereocenters. The van der Waals surface area contributed by atoms with Gasteiger partial charge in [0.25, 0.3) is 0 Å². The molecule has 1 fully saturated rings. The largest absolute Gasteiger partial charge is 0.465 e. The van der Waals surface area contributed by atoms with Crippen LogP contribution in [0, 0.1) is 0 Å². The Labute approximate surface area is 211 Å². The lowest BCUT2D eigenvalue weighted by Crippen LogP contribution is -2.36. The summed E-state index contributed by atoms with van der Waals surface area (Å²) in [5.74, 6) is 1.47. The first kappa shape index (κ1) is 26.6. The molecule has 9 nitrogen and oxygen atoms in total. The van der Waals surface area contributed by atoms with Crippen molar-refractivity contribution in [3.8, 4) is 17.1 Å². The van der Waals surface area contributed by atoms with Crippen LogP contribution >= 0.6 is 0 Å². The van der Waals surface area contributed by atoms with Gasteiger partial charge in [-0.3, -0.25) is 4.57 Å². The molecule has 36 heavy (non-hydrogen) atoms. The first-order chi connectivity index (χ1) is 17.7. The Balaban J connectivity index is 0.000000861. The standard InChI is InChI=1S/C23H22N6O3.2C2H6/c1-31-23(30)15-4-6-16(7-5-15)29-21(17-3-2-10-25-20(17)24)26-18-8-9-19(27-22(18)29)28-11-13-32-14-12-28;2*1-2/h2-10H,11-14H2,1H3,(H2,24,25);2*1-2H3. The molecule has 4 heterocycles. The Morgan fingerprint density at radius 2 is 1.67 bits per heavy atom. The van der Waals surface area contributed by atoms with Crippen molar-refractivity contribution >= 4 is 28.8 Å². The molecule has 4 aromatic rings. The third-order valence-electron chi connectivity index (χ3n) is 5.45. The molecule has 0 atom stereocenters. The Morgan fingerprint density at radius 1 is 0.972 bits per heavy atom. The van der Waals surface area contributed by atoms with Crippen LogP contribution in [0.25, 0.3) is 28.2 Å². The molecule has 0 bridgehead atoms. The van der Waals surface area contributed by atoms with Crippen LogP contribution in [-0.4, -0.2) is 58.9 Å². The summed E-state index contributed by atoms with van der Waals surface area (Å²) in [7, 11) is 1.36. The molecular formula is C27H34N6O3. The second kappa shape index (κ2) is 12.6. The molecule has 0 radical (unpaired) electrons. The molecule has 1 aliphatic heterocycles. The van der Waals surface area contributed by atoms with Crippen molar-refractivity contribution in [1.82, 2.24) is 19.5 Å². The van der Waals surface area contributed by atoms with E-state index in [2.05, 4.69) is 9.88 Å². The number of fused-ring (bicyclic) bond motifs is 1. The molecule has 3 aromatic heterocycles. The van der Waals surface area contributed by atoms with Crippen LogP contribution in [0.15, 0.2) is 54.7 Å². The SMILES string of the molecule is CC.CC.COC(=O)c1ccc(-n2c(-c3cccnc3N)nc3ccc(N4CCOCC4)nc32)cc1. The Hall–Kier alpha value is -3.98. The van der Waals surface area contributed by atoms with Crippen LogP contribution in [-0.2, 0) is 9.47 Å². The van der Waals surface area contributed by atoms with Gasteiger partial charge in [0.05, 0.1) is 31.5 Å². The molecule has 1 aromatic carbocycles. The van der Waals surface area contributed by atoms with Gasteiger partial charge in [0, 0.05) is 25.0 Å². The van der Waals surface area contributed by atoms with E-state index in [0.29, 0.717) is 41.6 Å². The van der Waals surface area contributed by atoms with Crippen molar-refractivity contribution in [3.63, 3.8) is 0 Å². The Kier molecular flexibility index (Phi) is 9.35. The molecular weight excluding hydrogens is 456 g/mol. The number of hydrogen-bond donors (Lipinski definition) is 1. The Bertz CT molecular complexity index is 1280. The normalized spacial score (nSPS) is 12.8. The number of esters is 1. The average molecular weight is 491 g/mol. The van der Waals surface area contributed by atoms with E-state index in [4.69, 9.17) is 25.2 Å². The van der Waals surface area contributed by atoms with E-state index in [1.54, 1.807) is 18.3 Å². The van der Waals surface area contributed by atoms with E-state index in [-0.39, 0.29) is 0 Å². The highest BCUT2D eigenvalue weighted by Gasteiger charge is 2.20. The molecule has 2 N–H and O–H groups in total. The second-order valence-electron chi connectivity index (χ2n) is 7.36. The quantitative estimate of drug-likeness (QED) is 0.409. The fourth-order valence-electron chi connectivity index (χ4n) is 3.81. The van der Waals surface area contributed by atoms with Crippen molar-refractivity contribution in [2.75, 3.05) is 44.0 Å². The van der Waals surface area contributed by atoms with Gasteiger partial charge in [0.15, 0.2) is 11.5 Å². The van der Waals surface area contributed by atoms with Crippen molar-refractivity contribution in [2.24, 2.45) is 0 Å². The van der Waals surface area contributed by atoms with Crippen molar-refractivity contribution in [2.45, 2.75) is 27.7 Å². The number of rotatable bonds is 4.